The number of hydrogen-bond acceptors (Lipinski definition) is 7. The second-order valence-corrected chi connectivity index (χ2v) is 7.94. The highest BCUT2D eigenvalue weighted by atomic mass is 16.5. The van der Waals surface area contributed by atoms with E-state index in [1.54, 1.807) is 6.20 Å². The van der Waals surface area contributed by atoms with Crippen LogP contribution in [0.4, 0.5) is 23.1 Å². The molecule has 0 spiro atoms. The minimum Gasteiger partial charge on any atom is -0.378 e. The lowest BCUT2D eigenvalue weighted by molar-refractivity contribution is -0.121. The summed E-state index contributed by atoms with van der Waals surface area (Å²) in [7, 11) is 0. The molecule has 8 nitrogen and oxygen atoms in total. The molecule has 0 aliphatic carbocycles. The molecule has 1 fully saturated rings. The Kier molecular flexibility index (Phi) is 5.85. The number of carbonyl (C=O) groups is 1. The van der Waals surface area contributed by atoms with Crippen LogP contribution in [0.1, 0.15) is 11.1 Å². The summed E-state index contributed by atoms with van der Waals surface area (Å²) < 4.78 is 5.42. The fraction of sp³-hybridized carbons (Fsp3) is 0.292. The van der Waals surface area contributed by atoms with Gasteiger partial charge < -0.3 is 25.6 Å². The van der Waals surface area contributed by atoms with Crippen LogP contribution in [-0.2, 0) is 22.5 Å². The number of nitrogens with zero attached hydrogens (tertiary/aromatic N) is 3. The van der Waals surface area contributed by atoms with E-state index in [0.717, 1.165) is 43.1 Å². The zero-order valence-electron chi connectivity index (χ0n) is 17.8. The number of carbonyl (C=O) groups excluding carboxylic acids is 1. The molecule has 0 saturated carbocycles. The number of aromatic nitrogens is 2. The van der Waals surface area contributed by atoms with Gasteiger partial charge in [-0.05, 0) is 29.8 Å². The summed E-state index contributed by atoms with van der Waals surface area (Å²) in [5, 5.41) is 9.55. The Morgan fingerprint density at radius 1 is 1.06 bits per heavy atom. The standard InChI is InChI=1S/C24H26N6O2/c31-23-21(14-17-4-2-1-3-5-17)28-22-18(15-25-23)16-26-24(29-22)27-19-6-8-20(9-7-19)30-10-12-32-13-11-30/h1-9,16,21H,10-15H2,(H,25,31)(H2,26,27,28,29). The van der Waals surface area contributed by atoms with Gasteiger partial charge in [-0.1, -0.05) is 30.3 Å². The molecule has 1 aromatic heterocycles. The van der Waals surface area contributed by atoms with E-state index in [-0.39, 0.29) is 5.91 Å². The molecule has 1 amide bonds. The highest BCUT2D eigenvalue weighted by Gasteiger charge is 2.24. The summed E-state index contributed by atoms with van der Waals surface area (Å²) in [5.41, 5.74) is 4.04. The van der Waals surface area contributed by atoms with Crippen LogP contribution in [0, 0.1) is 0 Å². The molecule has 2 aromatic carbocycles. The van der Waals surface area contributed by atoms with E-state index < -0.39 is 6.04 Å². The molecule has 32 heavy (non-hydrogen) atoms. The van der Waals surface area contributed by atoms with Crippen LogP contribution in [0.3, 0.4) is 0 Å². The Morgan fingerprint density at radius 3 is 2.62 bits per heavy atom. The van der Waals surface area contributed by atoms with Gasteiger partial charge in [-0.2, -0.15) is 4.98 Å². The summed E-state index contributed by atoms with van der Waals surface area (Å²) >= 11 is 0. The van der Waals surface area contributed by atoms with Crippen LogP contribution in [0.2, 0.25) is 0 Å². The summed E-state index contributed by atoms with van der Waals surface area (Å²) in [5.74, 6) is 1.12. The molecule has 164 valence electrons. The molecule has 2 aliphatic rings. The first-order valence-electron chi connectivity index (χ1n) is 10.9. The SMILES string of the molecule is O=C1NCc2cnc(Nc3ccc(N4CCOCC4)cc3)nc2NC1Cc1ccccc1. The third-order valence-electron chi connectivity index (χ3n) is 5.73. The molecular formula is C24H26N6O2. The van der Waals surface area contributed by atoms with Crippen LogP contribution in [-0.4, -0.2) is 48.2 Å². The lowest BCUT2D eigenvalue weighted by Crippen LogP contribution is -2.38. The molecule has 1 unspecified atom stereocenters. The number of amides is 1. The fourth-order valence-electron chi connectivity index (χ4n) is 3.96. The van der Waals surface area contributed by atoms with E-state index in [9.17, 15) is 4.79 Å². The van der Waals surface area contributed by atoms with Crippen molar-refractivity contribution in [1.82, 2.24) is 15.3 Å². The summed E-state index contributed by atoms with van der Waals surface area (Å²) in [6.07, 6.45) is 2.34. The van der Waals surface area contributed by atoms with E-state index >= 15 is 0 Å². The number of benzene rings is 2. The largest absolute Gasteiger partial charge is 0.378 e. The van der Waals surface area contributed by atoms with Gasteiger partial charge in [0.1, 0.15) is 11.9 Å². The first kappa shape index (κ1) is 20.3. The van der Waals surface area contributed by atoms with E-state index in [4.69, 9.17) is 4.74 Å². The van der Waals surface area contributed by atoms with Crippen molar-refractivity contribution < 1.29 is 9.53 Å². The number of fused-ring (bicyclic) bond motifs is 1. The molecule has 8 heteroatoms. The molecule has 0 radical (unpaired) electrons. The van der Waals surface area contributed by atoms with Gasteiger partial charge in [0.2, 0.25) is 11.9 Å². The van der Waals surface area contributed by atoms with Crippen LogP contribution in [0.25, 0.3) is 0 Å². The zero-order valence-corrected chi connectivity index (χ0v) is 17.8. The monoisotopic (exact) mass is 430 g/mol. The van der Waals surface area contributed by atoms with E-state index in [1.807, 2.05) is 42.5 Å². The molecular weight excluding hydrogens is 404 g/mol. The normalized spacial score (nSPS) is 18.2. The lowest BCUT2D eigenvalue weighted by atomic mass is 10.1. The molecule has 3 heterocycles. The maximum absolute atomic E-state index is 12.6. The second kappa shape index (κ2) is 9.23. The molecule has 2 aliphatic heterocycles. The summed E-state index contributed by atoms with van der Waals surface area (Å²) in [6, 6.07) is 17.8. The smallest absolute Gasteiger partial charge is 0.243 e. The molecule has 3 N–H and O–H groups in total. The van der Waals surface area contributed by atoms with Gasteiger partial charge in [-0.3, -0.25) is 4.79 Å². The van der Waals surface area contributed by atoms with Gasteiger partial charge in [-0.25, -0.2) is 4.98 Å². The number of anilines is 4. The van der Waals surface area contributed by atoms with Gasteiger partial charge in [0.15, 0.2) is 0 Å². The van der Waals surface area contributed by atoms with Crippen molar-refractivity contribution in [3.63, 3.8) is 0 Å². The molecule has 1 atom stereocenters. The predicted octanol–water partition coefficient (Wildman–Crippen LogP) is 2.71. The van der Waals surface area contributed by atoms with E-state index in [0.29, 0.717) is 24.7 Å². The number of hydrogen-bond donors (Lipinski definition) is 3. The molecule has 1 saturated heterocycles. The third kappa shape index (κ3) is 4.65. The van der Waals surface area contributed by atoms with Crippen molar-refractivity contribution in [3.05, 3.63) is 71.9 Å². The molecule has 0 bridgehead atoms. The molecule has 3 aromatic rings. The van der Waals surface area contributed by atoms with Crippen molar-refractivity contribution in [3.8, 4) is 0 Å². The van der Waals surface area contributed by atoms with Gasteiger partial charge in [0.25, 0.3) is 0 Å². The van der Waals surface area contributed by atoms with Crippen molar-refractivity contribution in [1.29, 1.82) is 0 Å². The van der Waals surface area contributed by atoms with Crippen LogP contribution in [0.15, 0.2) is 60.8 Å². The Labute approximate surface area is 187 Å². The first-order valence-corrected chi connectivity index (χ1v) is 10.9. The predicted molar refractivity (Wildman–Crippen MR) is 124 cm³/mol. The van der Waals surface area contributed by atoms with Crippen LogP contribution >= 0.6 is 0 Å². The average molecular weight is 431 g/mol. The number of nitrogens with one attached hydrogen (secondary N) is 3. The topological polar surface area (TPSA) is 91.4 Å². The minimum absolute atomic E-state index is 0.0416. The highest BCUT2D eigenvalue weighted by Crippen LogP contribution is 2.23. The van der Waals surface area contributed by atoms with Crippen LogP contribution in [0.5, 0.6) is 0 Å². The maximum atomic E-state index is 12.6. The number of rotatable bonds is 5. The summed E-state index contributed by atoms with van der Waals surface area (Å²) in [4.78, 5) is 24.0. The summed E-state index contributed by atoms with van der Waals surface area (Å²) in [6.45, 7) is 3.74. The fourth-order valence-corrected chi connectivity index (χ4v) is 3.96. The first-order chi connectivity index (χ1) is 15.7. The van der Waals surface area contributed by atoms with Gasteiger partial charge in [0, 0.05) is 49.2 Å². The van der Waals surface area contributed by atoms with Crippen molar-refractivity contribution >= 4 is 29.0 Å². The van der Waals surface area contributed by atoms with E-state index in [2.05, 4.69) is 43.0 Å². The maximum Gasteiger partial charge on any atom is 0.243 e. The van der Waals surface area contributed by atoms with Gasteiger partial charge >= 0.3 is 0 Å². The van der Waals surface area contributed by atoms with Crippen molar-refractivity contribution in [2.45, 2.75) is 19.0 Å². The van der Waals surface area contributed by atoms with Crippen molar-refractivity contribution in [2.75, 3.05) is 41.8 Å². The lowest BCUT2D eigenvalue weighted by Gasteiger charge is -2.28. The number of morpholine rings is 1. The number of ether oxygens (including phenoxy) is 1. The van der Waals surface area contributed by atoms with Crippen LogP contribution < -0.4 is 20.9 Å². The highest BCUT2D eigenvalue weighted by molar-refractivity contribution is 5.86. The zero-order chi connectivity index (χ0) is 21.8. The molecule has 5 rings (SSSR count). The van der Waals surface area contributed by atoms with Gasteiger partial charge in [-0.15, -0.1) is 0 Å². The quantitative estimate of drug-likeness (QED) is 0.573. The minimum atomic E-state index is -0.394. The third-order valence-corrected chi connectivity index (χ3v) is 5.73. The van der Waals surface area contributed by atoms with Crippen molar-refractivity contribution in [2.24, 2.45) is 0 Å². The van der Waals surface area contributed by atoms with E-state index in [1.165, 1.54) is 5.69 Å². The average Bonchev–Trinajstić information content (AvgIpc) is 2.99. The Hall–Kier alpha value is -3.65. The Balaban J connectivity index is 1.30. The van der Waals surface area contributed by atoms with Gasteiger partial charge in [0.05, 0.1) is 13.2 Å². The Bertz CT molecular complexity index is 1070. The Morgan fingerprint density at radius 2 is 1.84 bits per heavy atom. The second-order valence-electron chi connectivity index (χ2n) is 7.94.